The Morgan fingerprint density at radius 3 is 2.75 bits per heavy atom. The predicted octanol–water partition coefficient (Wildman–Crippen LogP) is 2.17. The topological polar surface area (TPSA) is 47.3 Å². The fourth-order valence-corrected chi connectivity index (χ4v) is 2.27. The van der Waals surface area contributed by atoms with E-state index in [1.54, 1.807) is 0 Å². The molecule has 2 rings (SSSR count). The van der Waals surface area contributed by atoms with Crippen molar-refractivity contribution in [2.45, 2.75) is 33.2 Å². The lowest BCUT2D eigenvalue weighted by Crippen LogP contribution is -2.37. The lowest BCUT2D eigenvalue weighted by molar-refractivity contribution is 0.264. The minimum atomic E-state index is 0.0653. The van der Waals surface area contributed by atoms with Gasteiger partial charge in [0, 0.05) is 12.0 Å². The summed E-state index contributed by atoms with van der Waals surface area (Å²) in [4.78, 5) is 0. The third kappa shape index (κ3) is 1.93. The normalized spacial score (nSPS) is 16.8. The first-order valence-corrected chi connectivity index (χ1v) is 5.75. The van der Waals surface area contributed by atoms with Gasteiger partial charge in [-0.15, -0.1) is 0 Å². The van der Waals surface area contributed by atoms with Gasteiger partial charge < -0.3 is 4.74 Å². The van der Waals surface area contributed by atoms with Gasteiger partial charge in [0.2, 0.25) is 0 Å². The van der Waals surface area contributed by atoms with Crippen molar-refractivity contribution in [3.05, 3.63) is 29.3 Å². The highest BCUT2D eigenvalue weighted by molar-refractivity contribution is 5.46. The Labute approximate surface area is 97.0 Å². The Bertz CT molecular complexity index is 382. The third-order valence-corrected chi connectivity index (χ3v) is 3.09. The van der Waals surface area contributed by atoms with Crippen molar-refractivity contribution in [3.63, 3.8) is 0 Å². The first kappa shape index (κ1) is 11.4. The van der Waals surface area contributed by atoms with Gasteiger partial charge in [0.1, 0.15) is 5.75 Å². The molecule has 1 aliphatic rings. The van der Waals surface area contributed by atoms with Gasteiger partial charge in [0.15, 0.2) is 0 Å². The highest BCUT2D eigenvalue weighted by Crippen LogP contribution is 2.40. The summed E-state index contributed by atoms with van der Waals surface area (Å²) < 4.78 is 5.71. The lowest BCUT2D eigenvalue weighted by atomic mass is 9.82. The molecule has 1 heterocycles. The number of nitrogens with one attached hydrogen (secondary N) is 1. The monoisotopic (exact) mass is 220 g/mol. The maximum Gasteiger partial charge on any atom is 0.127 e. The number of hydrazine groups is 1. The molecule has 1 unspecified atom stereocenters. The van der Waals surface area contributed by atoms with E-state index in [1.807, 2.05) is 0 Å². The molecule has 1 aliphatic heterocycles. The fourth-order valence-electron chi connectivity index (χ4n) is 2.27. The van der Waals surface area contributed by atoms with Crippen molar-refractivity contribution < 1.29 is 4.74 Å². The summed E-state index contributed by atoms with van der Waals surface area (Å²) in [6.45, 7) is 7.30. The van der Waals surface area contributed by atoms with Crippen LogP contribution in [-0.2, 0) is 6.42 Å². The number of fused-ring (bicyclic) bond motifs is 1. The maximum absolute atomic E-state index is 5.71. The summed E-state index contributed by atoms with van der Waals surface area (Å²) in [6.07, 6.45) is 1.00. The van der Waals surface area contributed by atoms with E-state index in [4.69, 9.17) is 10.6 Å². The van der Waals surface area contributed by atoms with Gasteiger partial charge in [-0.1, -0.05) is 39.0 Å². The van der Waals surface area contributed by atoms with E-state index in [-0.39, 0.29) is 11.5 Å². The molecule has 3 heteroatoms. The number of benzene rings is 1. The van der Waals surface area contributed by atoms with Crippen molar-refractivity contribution >= 4 is 0 Å². The highest BCUT2D eigenvalue weighted by atomic mass is 16.5. The van der Waals surface area contributed by atoms with Crippen molar-refractivity contribution in [1.29, 1.82) is 0 Å². The average molecular weight is 220 g/mol. The van der Waals surface area contributed by atoms with Gasteiger partial charge in [-0.05, 0) is 11.0 Å². The van der Waals surface area contributed by atoms with Crippen LogP contribution in [0.5, 0.6) is 5.75 Å². The molecule has 0 saturated carbocycles. The van der Waals surface area contributed by atoms with E-state index < -0.39 is 0 Å². The largest absolute Gasteiger partial charge is 0.493 e. The summed E-state index contributed by atoms with van der Waals surface area (Å²) in [5.74, 6) is 6.71. The fraction of sp³-hybridized carbons (Fsp3) is 0.538. The quantitative estimate of drug-likeness (QED) is 0.593. The minimum Gasteiger partial charge on any atom is -0.493 e. The molecule has 0 saturated heterocycles. The zero-order valence-corrected chi connectivity index (χ0v) is 10.2. The number of rotatable bonds is 2. The molecule has 0 spiro atoms. The number of ether oxygens (including phenoxy) is 1. The van der Waals surface area contributed by atoms with E-state index in [0.29, 0.717) is 0 Å². The Balaban J connectivity index is 2.43. The zero-order valence-electron chi connectivity index (χ0n) is 10.2. The van der Waals surface area contributed by atoms with Gasteiger partial charge in [-0.2, -0.15) is 0 Å². The summed E-state index contributed by atoms with van der Waals surface area (Å²) in [6, 6.07) is 6.42. The van der Waals surface area contributed by atoms with Crippen LogP contribution < -0.4 is 16.0 Å². The van der Waals surface area contributed by atoms with Gasteiger partial charge in [-0.3, -0.25) is 11.3 Å². The lowest BCUT2D eigenvalue weighted by Gasteiger charge is -2.31. The second-order valence-corrected chi connectivity index (χ2v) is 5.40. The van der Waals surface area contributed by atoms with Crippen molar-refractivity contribution in [2.24, 2.45) is 11.3 Å². The maximum atomic E-state index is 5.71. The zero-order chi connectivity index (χ0) is 11.8. The van der Waals surface area contributed by atoms with Crippen LogP contribution in [0.15, 0.2) is 18.2 Å². The second-order valence-electron chi connectivity index (χ2n) is 5.40. The van der Waals surface area contributed by atoms with Crippen LogP contribution in [0.25, 0.3) is 0 Å². The molecule has 1 aromatic carbocycles. The van der Waals surface area contributed by atoms with Crippen LogP contribution >= 0.6 is 0 Å². The molecule has 16 heavy (non-hydrogen) atoms. The molecule has 88 valence electrons. The molecular formula is C13H20N2O. The SMILES string of the molecule is CC(C)(C)C(NN)c1cccc2c1OCC2. The number of hydrogen-bond donors (Lipinski definition) is 2. The first-order chi connectivity index (χ1) is 7.54. The van der Waals surface area contributed by atoms with Crippen LogP contribution in [0, 0.1) is 5.41 Å². The molecule has 1 aromatic rings. The summed E-state index contributed by atoms with van der Waals surface area (Å²) in [7, 11) is 0. The van der Waals surface area contributed by atoms with E-state index in [2.05, 4.69) is 44.4 Å². The Kier molecular flexibility index (Phi) is 2.91. The molecule has 3 N–H and O–H groups in total. The van der Waals surface area contributed by atoms with Crippen molar-refractivity contribution in [2.75, 3.05) is 6.61 Å². The van der Waals surface area contributed by atoms with Gasteiger partial charge in [0.05, 0.1) is 12.6 Å². The molecule has 0 amide bonds. The van der Waals surface area contributed by atoms with Crippen molar-refractivity contribution in [1.82, 2.24) is 5.43 Å². The van der Waals surface area contributed by atoms with Crippen LogP contribution in [0.4, 0.5) is 0 Å². The Morgan fingerprint density at radius 2 is 2.12 bits per heavy atom. The number of hydrogen-bond acceptors (Lipinski definition) is 3. The van der Waals surface area contributed by atoms with E-state index in [0.717, 1.165) is 18.8 Å². The molecule has 0 aromatic heterocycles. The third-order valence-electron chi connectivity index (χ3n) is 3.09. The van der Waals surface area contributed by atoms with Crippen molar-refractivity contribution in [3.8, 4) is 5.75 Å². The smallest absolute Gasteiger partial charge is 0.127 e. The van der Waals surface area contributed by atoms with Gasteiger partial charge in [0.25, 0.3) is 0 Å². The Hall–Kier alpha value is -1.06. The van der Waals surface area contributed by atoms with Crippen LogP contribution in [0.2, 0.25) is 0 Å². The van der Waals surface area contributed by atoms with E-state index >= 15 is 0 Å². The predicted molar refractivity (Wildman–Crippen MR) is 65.2 cm³/mol. The Morgan fingerprint density at radius 1 is 1.38 bits per heavy atom. The standard InChI is InChI=1S/C13H20N2O/c1-13(2,3)12(15-14)10-6-4-5-9-7-8-16-11(9)10/h4-6,12,15H,7-8,14H2,1-3H3. The van der Waals surface area contributed by atoms with Gasteiger partial charge in [-0.25, -0.2) is 0 Å². The second kappa shape index (κ2) is 4.07. The number of para-hydroxylation sites is 1. The average Bonchev–Trinajstić information content (AvgIpc) is 2.65. The molecule has 0 bridgehead atoms. The first-order valence-electron chi connectivity index (χ1n) is 5.75. The number of nitrogens with two attached hydrogens (primary N) is 1. The van der Waals surface area contributed by atoms with Crippen LogP contribution in [0.1, 0.15) is 37.9 Å². The summed E-state index contributed by atoms with van der Waals surface area (Å²) in [5.41, 5.74) is 5.44. The molecule has 0 fully saturated rings. The molecular weight excluding hydrogens is 200 g/mol. The van der Waals surface area contributed by atoms with Crippen LogP contribution in [-0.4, -0.2) is 6.61 Å². The molecule has 1 atom stereocenters. The summed E-state index contributed by atoms with van der Waals surface area (Å²) in [5, 5.41) is 0. The van der Waals surface area contributed by atoms with E-state index in [9.17, 15) is 0 Å². The minimum absolute atomic E-state index is 0.0653. The highest BCUT2D eigenvalue weighted by Gasteiger charge is 2.29. The van der Waals surface area contributed by atoms with Crippen LogP contribution in [0.3, 0.4) is 0 Å². The van der Waals surface area contributed by atoms with Gasteiger partial charge >= 0.3 is 0 Å². The summed E-state index contributed by atoms with van der Waals surface area (Å²) >= 11 is 0. The molecule has 0 aliphatic carbocycles. The molecule has 0 radical (unpaired) electrons. The molecule has 3 nitrogen and oxygen atoms in total. The van der Waals surface area contributed by atoms with E-state index in [1.165, 1.54) is 11.1 Å².